The molecule has 1 heterocycles. The summed E-state index contributed by atoms with van der Waals surface area (Å²) in [6.07, 6.45) is 5.99. The molecular formula is C13H22BrNO. The molecule has 1 aromatic heterocycles. The van der Waals surface area contributed by atoms with Crippen LogP contribution in [0.25, 0.3) is 0 Å². The van der Waals surface area contributed by atoms with Crippen molar-refractivity contribution < 1.29 is 4.42 Å². The van der Waals surface area contributed by atoms with E-state index in [0.29, 0.717) is 5.41 Å². The van der Waals surface area contributed by atoms with Crippen molar-refractivity contribution in [1.82, 2.24) is 4.90 Å². The minimum Gasteiger partial charge on any atom is -0.472 e. The first-order valence-corrected chi connectivity index (χ1v) is 7.03. The van der Waals surface area contributed by atoms with Gasteiger partial charge in [-0.05, 0) is 31.4 Å². The van der Waals surface area contributed by atoms with Gasteiger partial charge in [0.1, 0.15) is 0 Å². The highest BCUT2D eigenvalue weighted by Gasteiger charge is 2.26. The van der Waals surface area contributed by atoms with Gasteiger partial charge in [0.15, 0.2) is 0 Å². The highest BCUT2D eigenvalue weighted by atomic mass is 79.9. The van der Waals surface area contributed by atoms with Gasteiger partial charge < -0.3 is 9.32 Å². The van der Waals surface area contributed by atoms with Crippen molar-refractivity contribution in [3.05, 3.63) is 24.2 Å². The second-order valence-corrected chi connectivity index (χ2v) is 5.21. The maximum absolute atomic E-state index is 5.09. The Morgan fingerprint density at radius 1 is 1.38 bits per heavy atom. The van der Waals surface area contributed by atoms with E-state index >= 15 is 0 Å². The van der Waals surface area contributed by atoms with Crippen molar-refractivity contribution in [2.24, 2.45) is 5.41 Å². The Hall–Kier alpha value is -0.280. The van der Waals surface area contributed by atoms with Crippen molar-refractivity contribution >= 4 is 15.9 Å². The zero-order chi connectivity index (χ0) is 12.0. The molecule has 1 aromatic rings. The Labute approximate surface area is 107 Å². The molecule has 2 nitrogen and oxygen atoms in total. The van der Waals surface area contributed by atoms with Crippen molar-refractivity contribution in [2.75, 3.05) is 18.9 Å². The minimum atomic E-state index is 0.401. The van der Waals surface area contributed by atoms with E-state index in [4.69, 9.17) is 4.42 Å². The van der Waals surface area contributed by atoms with E-state index in [2.05, 4.69) is 41.7 Å². The van der Waals surface area contributed by atoms with Crippen LogP contribution in [0.15, 0.2) is 23.0 Å². The first-order valence-electron chi connectivity index (χ1n) is 5.91. The number of hydrogen-bond donors (Lipinski definition) is 0. The summed E-state index contributed by atoms with van der Waals surface area (Å²) in [5.74, 6) is 0. The van der Waals surface area contributed by atoms with Gasteiger partial charge in [0.05, 0.1) is 12.5 Å². The van der Waals surface area contributed by atoms with Gasteiger partial charge in [0.25, 0.3) is 0 Å². The Morgan fingerprint density at radius 2 is 2.06 bits per heavy atom. The first kappa shape index (κ1) is 13.8. The lowest BCUT2D eigenvalue weighted by Crippen LogP contribution is -2.35. The SMILES string of the molecule is CCC(CC)(CBr)CN(C)Cc1ccoc1. The first-order chi connectivity index (χ1) is 7.65. The lowest BCUT2D eigenvalue weighted by Gasteiger charge is -2.34. The van der Waals surface area contributed by atoms with E-state index in [1.54, 1.807) is 6.26 Å². The summed E-state index contributed by atoms with van der Waals surface area (Å²) in [4.78, 5) is 2.37. The van der Waals surface area contributed by atoms with Crippen LogP contribution in [0.4, 0.5) is 0 Å². The van der Waals surface area contributed by atoms with Gasteiger partial charge in [-0.25, -0.2) is 0 Å². The van der Waals surface area contributed by atoms with Gasteiger partial charge in [-0.1, -0.05) is 29.8 Å². The monoisotopic (exact) mass is 287 g/mol. The van der Waals surface area contributed by atoms with Crippen LogP contribution in [0.5, 0.6) is 0 Å². The van der Waals surface area contributed by atoms with Gasteiger partial charge >= 0.3 is 0 Å². The minimum absolute atomic E-state index is 0.401. The third-order valence-electron chi connectivity index (χ3n) is 3.42. The van der Waals surface area contributed by atoms with Crippen LogP contribution >= 0.6 is 15.9 Å². The average molecular weight is 288 g/mol. The molecule has 0 aliphatic rings. The van der Waals surface area contributed by atoms with Gasteiger partial charge in [0, 0.05) is 24.0 Å². The number of nitrogens with zero attached hydrogens (tertiary/aromatic N) is 1. The second-order valence-electron chi connectivity index (χ2n) is 4.64. The van der Waals surface area contributed by atoms with Crippen LogP contribution in [0.1, 0.15) is 32.3 Å². The maximum Gasteiger partial charge on any atom is 0.0947 e. The molecule has 0 amide bonds. The number of hydrogen-bond acceptors (Lipinski definition) is 2. The molecule has 0 unspecified atom stereocenters. The lowest BCUT2D eigenvalue weighted by atomic mass is 9.84. The molecule has 0 atom stereocenters. The van der Waals surface area contributed by atoms with Crippen LogP contribution in [0.3, 0.4) is 0 Å². The molecule has 92 valence electrons. The summed E-state index contributed by atoms with van der Waals surface area (Å²) in [7, 11) is 2.18. The summed E-state index contributed by atoms with van der Waals surface area (Å²) in [5, 5.41) is 1.07. The number of furan rings is 1. The number of halogens is 1. The number of alkyl halides is 1. The maximum atomic E-state index is 5.09. The molecular weight excluding hydrogens is 266 g/mol. The summed E-state index contributed by atoms with van der Waals surface area (Å²) >= 11 is 3.65. The van der Waals surface area contributed by atoms with E-state index in [-0.39, 0.29) is 0 Å². The zero-order valence-electron chi connectivity index (χ0n) is 10.5. The van der Waals surface area contributed by atoms with Crippen LogP contribution in [0, 0.1) is 5.41 Å². The fourth-order valence-corrected chi connectivity index (χ4v) is 3.00. The fourth-order valence-electron chi connectivity index (χ4n) is 2.03. The number of rotatable bonds is 7. The summed E-state index contributed by atoms with van der Waals surface area (Å²) in [6.45, 7) is 6.63. The molecule has 0 aliphatic heterocycles. The van der Waals surface area contributed by atoms with Crippen molar-refractivity contribution in [3.63, 3.8) is 0 Å². The predicted octanol–water partition coefficient (Wildman–Crippen LogP) is 3.91. The quantitative estimate of drug-likeness (QED) is 0.707. The van der Waals surface area contributed by atoms with Crippen LogP contribution in [-0.4, -0.2) is 23.8 Å². The molecule has 1 rings (SSSR count). The molecule has 0 fully saturated rings. The van der Waals surface area contributed by atoms with Crippen molar-refractivity contribution in [1.29, 1.82) is 0 Å². The highest BCUT2D eigenvalue weighted by Crippen LogP contribution is 2.29. The normalized spacial score (nSPS) is 12.3. The van der Waals surface area contributed by atoms with E-state index < -0.39 is 0 Å². The third-order valence-corrected chi connectivity index (χ3v) is 4.61. The molecule has 16 heavy (non-hydrogen) atoms. The summed E-state index contributed by atoms with van der Waals surface area (Å²) in [6, 6.07) is 2.03. The largest absolute Gasteiger partial charge is 0.472 e. The third kappa shape index (κ3) is 3.63. The van der Waals surface area contributed by atoms with Gasteiger partial charge in [0.2, 0.25) is 0 Å². The Bertz CT molecular complexity index is 272. The average Bonchev–Trinajstić information content (AvgIpc) is 2.79. The molecule has 0 bridgehead atoms. The summed E-state index contributed by atoms with van der Waals surface area (Å²) in [5.41, 5.74) is 1.65. The van der Waals surface area contributed by atoms with Crippen molar-refractivity contribution in [2.45, 2.75) is 33.2 Å². The standard InChI is InChI=1S/C13H22BrNO/c1-4-13(5-2,10-14)11-15(3)8-12-6-7-16-9-12/h6-7,9H,4-5,8,10-11H2,1-3H3. The van der Waals surface area contributed by atoms with Crippen LogP contribution in [-0.2, 0) is 6.54 Å². The van der Waals surface area contributed by atoms with E-state index in [9.17, 15) is 0 Å². The lowest BCUT2D eigenvalue weighted by molar-refractivity contribution is 0.180. The van der Waals surface area contributed by atoms with E-state index in [1.165, 1.54) is 18.4 Å². The molecule has 3 heteroatoms. The zero-order valence-corrected chi connectivity index (χ0v) is 12.1. The van der Waals surface area contributed by atoms with Crippen LogP contribution < -0.4 is 0 Å². The molecule has 0 N–H and O–H groups in total. The van der Waals surface area contributed by atoms with Gasteiger partial charge in [-0.15, -0.1) is 0 Å². The van der Waals surface area contributed by atoms with Crippen molar-refractivity contribution in [3.8, 4) is 0 Å². The Kier molecular flexibility index (Phi) is 5.56. The van der Waals surface area contributed by atoms with E-state index in [1.807, 2.05) is 12.3 Å². The molecule has 0 aromatic carbocycles. The highest BCUT2D eigenvalue weighted by molar-refractivity contribution is 9.09. The predicted molar refractivity (Wildman–Crippen MR) is 71.9 cm³/mol. The van der Waals surface area contributed by atoms with Gasteiger partial charge in [-0.3, -0.25) is 0 Å². The Balaban J connectivity index is 2.51. The Morgan fingerprint density at radius 3 is 2.50 bits per heavy atom. The van der Waals surface area contributed by atoms with Gasteiger partial charge in [-0.2, -0.15) is 0 Å². The topological polar surface area (TPSA) is 16.4 Å². The second kappa shape index (κ2) is 6.45. The molecule has 0 aliphatic carbocycles. The molecule has 0 spiro atoms. The smallest absolute Gasteiger partial charge is 0.0947 e. The molecule has 0 radical (unpaired) electrons. The fraction of sp³-hybridized carbons (Fsp3) is 0.692. The van der Waals surface area contributed by atoms with Crippen LogP contribution in [0.2, 0.25) is 0 Å². The molecule has 0 saturated heterocycles. The molecule has 0 saturated carbocycles. The van der Waals surface area contributed by atoms with E-state index in [0.717, 1.165) is 18.4 Å². The summed E-state index contributed by atoms with van der Waals surface area (Å²) < 4.78 is 5.09.